The summed E-state index contributed by atoms with van der Waals surface area (Å²) in [4.78, 5) is 12.1. The molecule has 0 aromatic heterocycles. The average Bonchev–Trinajstić information content (AvgIpc) is 2.93. The number of ether oxygens (including phenoxy) is 3. The van der Waals surface area contributed by atoms with Crippen LogP contribution >= 0.6 is 23.2 Å². The van der Waals surface area contributed by atoms with Crippen LogP contribution in [-0.2, 0) is 11.4 Å². The van der Waals surface area contributed by atoms with E-state index in [0.29, 0.717) is 38.4 Å². The highest BCUT2D eigenvalue weighted by molar-refractivity contribution is 6.35. The molecule has 0 spiro atoms. The lowest BCUT2D eigenvalue weighted by molar-refractivity contribution is -0.123. The minimum atomic E-state index is -0.382. The van der Waals surface area contributed by atoms with Gasteiger partial charge >= 0.3 is 0 Å². The van der Waals surface area contributed by atoms with E-state index in [1.165, 1.54) is 13.3 Å². The van der Waals surface area contributed by atoms with Gasteiger partial charge in [-0.25, -0.2) is 5.43 Å². The van der Waals surface area contributed by atoms with E-state index < -0.39 is 0 Å². The van der Waals surface area contributed by atoms with Gasteiger partial charge in [0.05, 0.1) is 13.3 Å². The van der Waals surface area contributed by atoms with Gasteiger partial charge in [0, 0.05) is 15.6 Å². The molecular formula is C29H24Cl2N2O4. The maximum absolute atomic E-state index is 12.1. The minimum absolute atomic E-state index is 0.164. The lowest BCUT2D eigenvalue weighted by Gasteiger charge is -2.13. The van der Waals surface area contributed by atoms with Crippen molar-refractivity contribution in [3.8, 4) is 28.4 Å². The first-order valence-electron chi connectivity index (χ1n) is 11.4. The molecule has 0 aliphatic heterocycles. The summed E-state index contributed by atoms with van der Waals surface area (Å²) >= 11 is 12.4. The van der Waals surface area contributed by atoms with Gasteiger partial charge in [0.25, 0.3) is 5.91 Å². The second kappa shape index (κ2) is 12.8. The van der Waals surface area contributed by atoms with Crippen LogP contribution in [0.2, 0.25) is 10.0 Å². The maximum Gasteiger partial charge on any atom is 0.277 e. The van der Waals surface area contributed by atoms with Crippen LogP contribution in [0.1, 0.15) is 11.1 Å². The predicted octanol–water partition coefficient (Wildman–Crippen LogP) is 6.78. The Morgan fingerprint density at radius 3 is 2.24 bits per heavy atom. The van der Waals surface area contributed by atoms with Crippen molar-refractivity contribution in [2.45, 2.75) is 6.61 Å². The first-order valence-corrected chi connectivity index (χ1v) is 12.1. The molecule has 0 heterocycles. The normalized spacial score (nSPS) is 10.8. The second-order valence-corrected chi connectivity index (χ2v) is 8.69. The van der Waals surface area contributed by atoms with Gasteiger partial charge in [-0.1, -0.05) is 71.7 Å². The molecule has 0 aliphatic carbocycles. The molecule has 4 rings (SSSR count). The van der Waals surface area contributed by atoms with E-state index in [-0.39, 0.29) is 19.1 Å². The summed E-state index contributed by atoms with van der Waals surface area (Å²) < 4.78 is 16.8. The first kappa shape index (κ1) is 26.1. The summed E-state index contributed by atoms with van der Waals surface area (Å²) in [7, 11) is 1.54. The molecule has 0 aliphatic rings. The highest BCUT2D eigenvalue weighted by Gasteiger charge is 2.10. The molecule has 0 radical (unpaired) electrons. The SMILES string of the molecule is COc1cc(/C=N/NC(=O)COc2ccc(-c3ccccc3)cc2)ccc1OCc1c(Cl)cccc1Cl. The molecule has 6 nitrogen and oxygen atoms in total. The summed E-state index contributed by atoms with van der Waals surface area (Å²) in [5.74, 6) is 1.23. The Bertz CT molecular complexity index is 1360. The molecule has 0 unspecified atom stereocenters. The largest absolute Gasteiger partial charge is 0.493 e. The van der Waals surface area contributed by atoms with Crippen LogP contribution < -0.4 is 19.6 Å². The number of benzene rings is 4. The quantitative estimate of drug-likeness (QED) is 0.180. The highest BCUT2D eigenvalue weighted by atomic mass is 35.5. The fraction of sp³-hybridized carbons (Fsp3) is 0.103. The molecule has 1 amide bonds. The van der Waals surface area contributed by atoms with Crippen molar-refractivity contribution < 1.29 is 19.0 Å². The van der Waals surface area contributed by atoms with Crippen molar-refractivity contribution in [1.29, 1.82) is 0 Å². The van der Waals surface area contributed by atoms with Gasteiger partial charge in [0.15, 0.2) is 18.1 Å². The fourth-order valence-electron chi connectivity index (χ4n) is 3.44. The second-order valence-electron chi connectivity index (χ2n) is 7.87. The highest BCUT2D eigenvalue weighted by Crippen LogP contribution is 2.31. The molecule has 4 aromatic carbocycles. The fourth-order valence-corrected chi connectivity index (χ4v) is 3.94. The van der Waals surface area contributed by atoms with E-state index in [4.69, 9.17) is 37.4 Å². The molecule has 4 aromatic rings. The molecule has 37 heavy (non-hydrogen) atoms. The van der Waals surface area contributed by atoms with E-state index in [2.05, 4.69) is 10.5 Å². The minimum Gasteiger partial charge on any atom is -0.493 e. The average molecular weight is 535 g/mol. The zero-order chi connectivity index (χ0) is 26.0. The molecule has 0 atom stereocenters. The number of nitrogens with one attached hydrogen (secondary N) is 1. The van der Waals surface area contributed by atoms with E-state index in [1.807, 2.05) is 54.6 Å². The Morgan fingerprint density at radius 1 is 0.838 bits per heavy atom. The van der Waals surface area contributed by atoms with Crippen molar-refractivity contribution in [2.75, 3.05) is 13.7 Å². The van der Waals surface area contributed by atoms with Gasteiger partial charge in [0.1, 0.15) is 12.4 Å². The third-order valence-electron chi connectivity index (χ3n) is 5.36. The number of hydrogen-bond acceptors (Lipinski definition) is 5. The Labute approximate surface area is 225 Å². The molecule has 8 heteroatoms. The van der Waals surface area contributed by atoms with Gasteiger partial charge in [-0.05, 0) is 59.2 Å². The van der Waals surface area contributed by atoms with Crippen molar-refractivity contribution in [1.82, 2.24) is 5.43 Å². The Balaban J connectivity index is 1.27. The number of hydrazone groups is 1. The van der Waals surface area contributed by atoms with Crippen molar-refractivity contribution in [3.05, 3.63) is 112 Å². The third kappa shape index (κ3) is 7.26. The maximum atomic E-state index is 12.1. The molecule has 0 bridgehead atoms. The number of carbonyl (C=O) groups excluding carboxylic acids is 1. The van der Waals surface area contributed by atoms with Crippen molar-refractivity contribution in [2.24, 2.45) is 5.10 Å². The van der Waals surface area contributed by atoms with Gasteiger partial charge in [-0.3, -0.25) is 4.79 Å². The van der Waals surface area contributed by atoms with Gasteiger partial charge in [-0.15, -0.1) is 0 Å². The summed E-state index contributed by atoms with van der Waals surface area (Å²) in [6.07, 6.45) is 1.50. The van der Waals surface area contributed by atoms with Crippen LogP contribution in [0.25, 0.3) is 11.1 Å². The first-order chi connectivity index (χ1) is 18.0. The van der Waals surface area contributed by atoms with E-state index in [9.17, 15) is 4.79 Å². The zero-order valence-corrected chi connectivity index (χ0v) is 21.5. The van der Waals surface area contributed by atoms with Crippen LogP contribution in [0.5, 0.6) is 17.2 Å². The summed E-state index contributed by atoms with van der Waals surface area (Å²) in [5.41, 5.74) is 6.03. The summed E-state index contributed by atoms with van der Waals surface area (Å²) in [5, 5.41) is 5.05. The predicted molar refractivity (Wildman–Crippen MR) is 147 cm³/mol. The zero-order valence-electron chi connectivity index (χ0n) is 20.0. The standard InChI is InChI=1S/C29H24Cl2N2O4/c1-35-28-16-20(10-15-27(28)37-18-24-25(30)8-5-9-26(24)31)17-32-33-29(34)19-36-23-13-11-22(12-14-23)21-6-3-2-4-7-21/h2-17H,18-19H2,1H3,(H,33,34)/b32-17+. The number of rotatable bonds is 10. The molecule has 0 saturated carbocycles. The summed E-state index contributed by atoms with van der Waals surface area (Å²) in [6.45, 7) is 0.0239. The molecule has 188 valence electrons. The van der Waals surface area contributed by atoms with Crippen LogP contribution in [-0.4, -0.2) is 25.8 Å². The Kier molecular flexibility index (Phi) is 9.03. The lowest BCUT2D eigenvalue weighted by Crippen LogP contribution is -2.24. The number of halogens is 2. The van der Waals surface area contributed by atoms with E-state index in [0.717, 1.165) is 11.1 Å². The van der Waals surface area contributed by atoms with Crippen molar-refractivity contribution >= 4 is 35.3 Å². The van der Waals surface area contributed by atoms with Crippen LogP contribution in [0.3, 0.4) is 0 Å². The van der Waals surface area contributed by atoms with Crippen molar-refractivity contribution in [3.63, 3.8) is 0 Å². The van der Waals surface area contributed by atoms with Crippen LogP contribution in [0.4, 0.5) is 0 Å². The topological polar surface area (TPSA) is 69.2 Å². The monoisotopic (exact) mass is 534 g/mol. The lowest BCUT2D eigenvalue weighted by atomic mass is 10.1. The van der Waals surface area contributed by atoms with Crippen LogP contribution in [0.15, 0.2) is 96.1 Å². The number of amides is 1. The Morgan fingerprint density at radius 2 is 1.54 bits per heavy atom. The molecular weight excluding hydrogens is 511 g/mol. The summed E-state index contributed by atoms with van der Waals surface area (Å²) in [6, 6.07) is 28.1. The molecule has 1 N–H and O–H groups in total. The third-order valence-corrected chi connectivity index (χ3v) is 6.06. The number of carbonyl (C=O) groups is 1. The van der Waals surface area contributed by atoms with Gasteiger partial charge in [0.2, 0.25) is 0 Å². The van der Waals surface area contributed by atoms with Gasteiger partial charge < -0.3 is 14.2 Å². The number of hydrogen-bond donors (Lipinski definition) is 1. The smallest absolute Gasteiger partial charge is 0.277 e. The van der Waals surface area contributed by atoms with Gasteiger partial charge in [-0.2, -0.15) is 5.10 Å². The number of nitrogens with zero attached hydrogens (tertiary/aromatic N) is 1. The Hall–Kier alpha value is -4.00. The molecule has 0 fully saturated rings. The van der Waals surface area contributed by atoms with E-state index in [1.54, 1.807) is 36.4 Å². The number of methoxy groups -OCH3 is 1. The van der Waals surface area contributed by atoms with Crippen LogP contribution in [0, 0.1) is 0 Å². The molecule has 0 saturated heterocycles. The van der Waals surface area contributed by atoms with E-state index >= 15 is 0 Å².